The molecule has 0 aliphatic heterocycles. The maximum Gasteiger partial charge on any atom is 0.332 e. The molecule has 0 aromatic carbocycles. The van der Waals surface area contributed by atoms with E-state index in [0.29, 0.717) is 36.6 Å². The first-order valence-corrected chi connectivity index (χ1v) is 7.33. The fourth-order valence-corrected chi connectivity index (χ4v) is 2.38. The number of rotatable bonds is 6. The van der Waals surface area contributed by atoms with Crippen LogP contribution >= 0.6 is 0 Å². The molecule has 1 atom stereocenters. The predicted molar refractivity (Wildman–Crippen MR) is 84.1 cm³/mol. The summed E-state index contributed by atoms with van der Waals surface area (Å²) < 4.78 is 9.44. The normalized spacial score (nSPS) is 13.0. The van der Waals surface area contributed by atoms with E-state index in [-0.39, 0.29) is 18.1 Å². The van der Waals surface area contributed by atoms with E-state index < -0.39 is 5.69 Å². The Kier molecular flexibility index (Phi) is 4.82. The Balaban J connectivity index is 2.77. The number of aromatic nitrogens is 4. The molecule has 8 nitrogen and oxygen atoms in total. The van der Waals surface area contributed by atoms with Crippen LogP contribution in [-0.2, 0) is 24.9 Å². The first-order valence-electron chi connectivity index (χ1n) is 7.33. The van der Waals surface area contributed by atoms with Gasteiger partial charge >= 0.3 is 5.69 Å². The molecule has 0 radical (unpaired) electrons. The quantitative estimate of drug-likeness (QED) is 0.782. The molecule has 122 valence electrons. The van der Waals surface area contributed by atoms with Gasteiger partial charge in [0, 0.05) is 26.7 Å². The maximum atomic E-state index is 12.7. The van der Waals surface area contributed by atoms with Gasteiger partial charge in [0.2, 0.25) is 0 Å². The molecule has 0 amide bonds. The van der Waals surface area contributed by atoms with E-state index in [0.717, 1.165) is 0 Å². The number of nitrogens with zero attached hydrogens (tertiary/aromatic N) is 4. The smallest absolute Gasteiger partial charge is 0.332 e. The summed E-state index contributed by atoms with van der Waals surface area (Å²) in [5, 5.41) is 0. The highest BCUT2D eigenvalue weighted by molar-refractivity contribution is 5.70. The molecule has 2 aromatic rings. The van der Waals surface area contributed by atoms with Crippen LogP contribution < -0.4 is 17.0 Å². The van der Waals surface area contributed by atoms with Crippen molar-refractivity contribution in [1.82, 2.24) is 18.7 Å². The standard InChI is InChI=1S/C14H23N5O3/c1-5-10(15)8-19-13(20)11-12(16-9(2)17(11)3)18(14(19)21)6-7-22-4/h10H,5-8,15H2,1-4H3. The van der Waals surface area contributed by atoms with Gasteiger partial charge in [-0.1, -0.05) is 6.92 Å². The van der Waals surface area contributed by atoms with Crippen LogP contribution in [0.4, 0.5) is 0 Å². The van der Waals surface area contributed by atoms with Crippen molar-refractivity contribution in [2.24, 2.45) is 12.8 Å². The summed E-state index contributed by atoms with van der Waals surface area (Å²) in [6.07, 6.45) is 0.687. The minimum Gasteiger partial charge on any atom is -0.383 e. The Bertz CT molecular complexity index is 786. The number of imidazole rings is 1. The van der Waals surface area contributed by atoms with Crippen molar-refractivity contribution in [1.29, 1.82) is 0 Å². The van der Waals surface area contributed by atoms with Gasteiger partial charge in [-0.2, -0.15) is 0 Å². The number of methoxy groups -OCH3 is 1. The van der Waals surface area contributed by atoms with Gasteiger partial charge in [0.05, 0.1) is 13.2 Å². The van der Waals surface area contributed by atoms with Gasteiger partial charge in [0.1, 0.15) is 5.82 Å². The lowest BCUT2D eigenvalue weighted by Gasteiger charge is -2.14. The maximum absolute atomic E-state index is 12.7. The highest BCUT2D eigenvalue weighted by atomic mass is 16.5. The second-order valence-electron chi connectivity index (χ2n) is 5.40. The summed E-state index contributed by atoms with van der Waals surface area (Å²) >= 11 is 0. The second-order valence-corrected chi connectivity index (χ2v) is 5.40. The lowest BCUT2D eigenvalue weighted by atomic mass is 10.2. The van der Waals surface area contributed by atoms with Crippen LogP contribution in [0.2, 0.25) is 0 Å². The number of fused-ring (bicyclic) bond motifs is 1. The predicted octanol–water partition coefficient (Wildman–Crippen LogP) is -0.411. The molecule has 8 heteroatoms. The fourth-order valence-electron chi connectivity index (χ4n) is 2.38. The molecule has 2 heterocycles. The van der Waals surface area contributed by atoms with Crippen LogP contribution in [0.1, 0.15) is 19.2 Å². The molecular weight excluding hydrogens is 286 g/mol. The molecule has 0 bridgehead atoms. The van der Waals surface area contributed by atoms with E-state index in [1.54, 1.807) is 25.6 Å². The summed E-state index contributed by atoms with van der Waals surface area (Å²) in [6.45, 7) is 4.62. The SMILES string of the molecule is CCC(N)Cn1c(=O)c2c(nc(C)n2C)n(CCOC)c1=O. The molecule has 0 spiro atoms. The Morgan fingerprint density at radius 3 is 2.59 bits per heavy atom. The van der Waals surface area contributed by atoms with Crippen LogP contribution in [0.5, 0.6) is 0 Å². The topological polar surface area (TPSA) is 97.1 Å². The summed E-state index contributed by atoms with van der Waals surface area (Å²) in [7, 11) is 3.33. The molecule has 2 aromatic heterocycles. The first kappa shape index (κ1) is 16.4. The minimum atomic E-state index is -0.392. The molecule has 1 unspecified atom stereocenters. The van der Waals surface area contributed by atoms with Gasteiger partial charge < -0.3 is 15.0 Å². The third-order valence-electron chi connectivity index (χ3n) is 3.93. The van der Waals surface area contributed by atoms with Crippen molar-refractivity contribution in [3.63, 3.8) is 0 Å². The van der Waals surface area contributed by atoms with E-state index in [2.05, 4.69) is 4.98 Å². The van der Waals surface area contributed by atoms with Gasteiger partial charge in [-0.3, -0.25) is 13.9 Å². The molecule has 0 saturated heterocycles. The van der Waals surface area contributed by atoms with Crippen molar-refractivity contribution in [2.75, 3.05) is 13.7 Å². The van der Waals surface area contributed by atoms with Gasteiger partial charge in [-0.25, -0.2) is 9.78 Å². The minimum absolute atomic E-state index is 0.196. The van der Waals surface area contributed by atoms with Gasteiger partial charge in [-0.15, -0.1) is 0 Å². The second kappa shape index (κ2) is 6.45. The Morgan fingerprint density at radius 1 is 1.32 bits per heavy atom. The van der Waals surface area contributed by atoms with E-state index in [9.17, 15) is 9.59 Å². The van der Waals surface area contributed by atoms with E-state index >= 15 is 0 Å². The average molecular weight is 309 g/mol. The van der Waals surface area contributed by atoms with E-state index in [1.165, 1.54) is 9.13 Å². The lowest BCUT2D eigenvalue weighted by molar-refractivity contribution is 0.186. The Labute approximate surface area is 128 Å². The van der Waals surface area contributed by atoms with Crippen molar-refractivity contribution in [3.8, 4) is 0 Å². The van der Waals surface area contributed by atoms with E-state index in [1.807, 2.05) is 6.92 Å². The number of aryl methyl sites for hydroxylation is 2. The molecule has 0 saturated carbocycles. The zero-order valence-corrected chi connectivity index (χ0v) is 13.5. The zero-order chi connectivity index (χ0) is 16.4. The first-order chi connectivity index (χ1) is 10.4. The van der Waals surface area contributed by atoms with Crippen LogP contribution in [-0.4, -0.2) is 38.4 Å². The highest BCUT2D eigenvalue weighted by Gasteiger charge is 2.19. The van der Waals surface area contributed by atoms with Crippen LogP contribution in [0.3, 0.4) is 0 Å². The molecule has 2 rings (SSSR count). The Morgan fingerprint density at radius 2 is 2.00 bits per heavy atom. The molecule has 22 heavy (non-hydrogen) atoms. The van der Waals surface area contributed by atoms with Crippen LogP contribution in [0.15, 0.2) is 9.59 Å². The average Bonchev–Trinajstić information content (AvgIpc) is 2.79. The number of ether oxygens (including phenoxy) is 1. The molecular formula is C14H23N5O3. The van der Waals surface area contributed by atoms with Gasteiger partial charge in [0.25, 0.3) is 5.56 Å². The van der Waals surface area contributed by atoms with Crippen molar-refractivity contribution in [3.05, 3.63) is 26.7 Å². The third kappa shape index (κ3) is 2.71. The van der Waals surface area contributed by atoms with Crippen LogP contribution in [0, 0.1) is 6.92 Å². The third-order valence-corrected chi connectivity index (χ3v) is 3.93. The Hall–Kier alpha value is -1.93. The number of nitrogens with two attached hydrogens (primary N) is 1. The summed E-state index contributed by atoms with van der Waals surface area (Å²) in [6, 6.07) is -0.243. The van der Waals surface area contributed by atoms with E-state index in [4.69, 9.17) is 10.5 Å². The van der Waals surface area contributed by atoms with Crippen molar-refractivity contribution in [2.45, 2.75) is 39.4 Å². The van der Waals surface area contributed by atoms with Crippen LogP contribution in [0.25, 0.3) is 11.2 Å². The summed E-state index contributed by atoms with van der Waals surface area (Å²) in [5.74, 6) is 0.676. The highest BCUT2D eigenvalue weighted by Crippen LogP contribution is 2.09. The lowest BCUT2D eigenvalue weighted by Crippen LogP contribution is -2.44. The van der Waals surface area contributed by atoms with Crippen molar-refractivity contribution >= 4 is 11.2 Å². The summed E-state index contributed by atoms with van der Waals surface area (Å²) in [5.41, 5.74) is 6.00. The number of hydrogen-bond acceptors (Lipinski definition) is 5. The molecule has 0 fully saturated rings. The number of hydrogen-bond donors (Lipinski definition) is 1. The van der Waals surface area contributed by atoms with Crippen molar-refractivity contribution < 1.29 is 4.74 Å². The zero-order valence-electron chi connectivity index (χ0n) is 13.5. The van der Waals surface area contributed by atoms with Gasteiger partial charge in [0.15, 0.2) is 11.2 Å². The molecule has 2 N–H and O–H groups in total. The fraction of sp³-hybridized carbons (Fsp3) is 0.643. The molecule has 0 aliphatic carbocycles. The largest absolute Gasteiger partial charge is 0.383 e. The molecule has 0 aliphatic rings. The summed E-state index contributed by atoms with van der Waals surface area (Å²) in [4.78, 5) is 29.7. The van der Waals surface area contributed by atoms with Gasteiger partial charge in [-0.05, 0) is 13.3 Å². The monoisotopic (exact) mass is 309 g/mol.